The van der Waals surface area contributed by atoms with Crippen molar-refractivity contribution in [2.24, 2.45) is 29.1 Å². The summed E-state index contributed by atoms with van der Waals surface area (Å²) in [6.07, 6.45) is 2.79. The smallest absolute Gasteiger partial charge is 0.329 e. The van der Waals surface area contributed by atoms with Crippen LogP contribution in [0.25, 0.3) is 0 Å². The highest BCUT2D eigenvalue weighted by molar-refractivity contribution is 5.95. The lowest BCUT2D eigenvalue weighted by atomic mass is 9.93. The Hall–Kier alpha value is -3.71. The predicted octanol–water partition coefficient (Wildman–Crippen LogP) is 3.78. The third kappa shape index (κ3) is 8.04. The second kappa shape index (κ2) is 16.3. The second-order valence-corrected chi connectivity index (χ2v) is 18.1. The van der Waals surface area contributed by atoms with E-state index in [1.165, 1.54) is 9.80 Å². The van der Waals surface area contributed by atoms with E-state index in [4.69, 9.17) is 14.2 Å². The first kappa shape index (κ1) is 41.9. The van der Waals surface area contributed by atoms with E-state index in [9.17, 15) is 29.1 Å². The van der Waals surface area contributed by atoms with Crippen LogP contribution in [0.4, 0.5) is 0 Å². The van der Waals surface area contributed by atoms with Gasteiger partial charge in [0.25, 0.3) is 5.91 Å². The lowest BCUT2D eigenvalue weighted by Crippen LogP contribution is -2.57. The molecule has 56 heavy (non-hydrogen) atoms. The van der Waals surface area contributed by atoms with Gasteiger partial charge in [0.05, 0.1) is 25.2 Å². The summed E-state index contributed by atoms with van der Waals surface area (Å²) in [4.78, 5) is 73.9. The number of carbonyl (C=O) groups is 5. The Morgan fingerprint density at radius 2 is 1.68 bits per heavy atom. The molecule has 13 heteroatoms. The van der Waals surface area contributed by atoms with Crippen LogP contribution >= 0.6 is 0 Å². The van der Waals surface area contributed by atoms with Crippen LogP contribution in [0.2, 0.25) is 0 Å². The third-order valence-electron chi connectivity index (χ3n) is 13.7. The van der Waals surface area contributed by atoms with Crippen molar-refractivity contribution in [3.63, 3.8) is 0 Å². The van der Waals surface area contributed by atoms with Gasteiger partial charge in [-0.25, -0.2) is 4.79 Å². The number of ether oxygens (including phenoxy) is 3. The van der Waals surface area contributed by atoms with Crippen LogP contribution in [0.15, 0.2) is 24.3 Å². The molecule has 3 N–H and O–H groups in total. The Kier molecular flexibility index (Phi) is 12.2. The number of fused-ring (bicyclic) bond motifs is 2. The molecule has 0 radical (unpaired) electrons. The number of aliphatic hydroxyl groups is 1. The maximum Gasteiger partial charge on any atom is 0.329 e. The molecule has 1 aromatic rings. The van der Waals surface area contributed by atoms with Crippen molar-refractivity contribution in [1.29, 1.82) is 0 Å². The zero-order valence-corrected chi connectivity index (χ0v) is 34.6. The number of hydrogen-bond donors (Lipinski definition) is 3. The monoisotopic (exact) mass is 780 g/mol. The number of benzene rings is 1. The topological polar surface area (TPSA) is 164 Å². The van der Waals surface area contributed by atoms with Crippen molar-refractivity contribution in [3.05, 3.63) is 29.8 Å². The van der Waals surface area contributed by atoms with Gasteiger partial charge < -0.3 is 39.8 Å². The molecule has 2 saturated heterocycles. The van der Waals surface area contributed by atoms with Gasteiger partial charge in [0, 0.05) is 32.0 Å². The molecule has 13 nitrogen and oxygen atoms in total. The lowest BCUT2D eigenvalue weighted by molar-refractivity contribution is -0.166. The maximum atomic E-state index is 14.5. The largest absolute Gasteiger partial charge is 0.497 e. The number of amides is 3. The first-order valence-corrected chi connectivity index (χ1v) is 20.9. The fourth-order valence-corrected chi connectivity index (χ4v) is 9.91. The van der Waals surface area contributed by atoms with Gasteiger partial charge in [0.2, 0.25) is 11.8 Å². The van der Waals surface area contributed by atoms with Crippen LogP contribution in [0.3, 0.4) is 0 Å². The summed E-state index contributed by atoms with van der Waals surface area (Å²) in [5.74, 6) is -2.09. The van der Waals surface area contributed by atoms with Gasteiger partial charge in [-0.1, -0.05) is 60.1 Å². The van der Waals surface area contributed by atoms with Crippen molar-refractivity contribution >= 4 is 29.7 Å². The lowest BCUT2D eigenvalue weighted by Gasteiger charge is -2.36. The molecule has 3 aliphatic carbocycles. The maximum absolute atomic E-state index is 14.5. The summed E-state index contributed by atoms with van der Waals surface area (Å²) < 4.78 is 17.7. The van der Waals surface area contributed by atoms with Gasteiger partial charge in [0.1, 0.15) is 29.5 Å². The normalized spacial score (nSPS) is 33.6. The number of carbonyl (C=O) groups excluding carboxylic acids is 5. The molecule has 5 fully saturated rings. The van der Waals surface area contributed by atoms with Crippen LogP contribution in [-0.2, 0) is 39.9 Å². The first-order chi connectivity index (χ1) is 26.5. The average Bonchev–Trinajstić information content (AvgIpc) is 4.12. The molecular weight excluding hydrogens is 716 g/mol. The molecule has 2 unspecified atom stereocenters. The van der Waals surface area contributed by atoms with E-state index >= 15 is 0 Å². The Morgan fingerprint density at radius 1 is 1.00 bits per heavy atom. The Balaban J connectivity index is 1.36. The SMILES string of the molecule is CCC1[C@H](C)C12NCC1(CC1)C1(CC1)OC(=O)[C@H](Cc1ccc(OC)cc1)N(C)C(=O)[C@@H]1CCCN1C(=O)[C@H](CC(C)C)NC(=O)[C@H](C(C)C)OC(=O)C[C@@H]2O. The average molecular weight is 781 g/mol. The molecule has 3 amide bonds. The number of methoxy groups -OCH3 is 1. The summed E-state index contributed by atoms with van der Waals surface area (Å²) >= 11 is 0. The minimum absolute atomic E-state index is 0.0113. The van der Waals surface area contributed by atoms with Crippen LogP contribution in [0.1, 0.15) is 105 Å². The molecule has 5 aliphatic rings. The van der Waals surface area contributed by atoms with Crippen molar-refractivity contribution in [3.8, 4) is 5.75 Å². The van der Waals surface area contributed by atoms with E-state index in [0.29, 0.717) is 50.9 Å². The molecule has 3 saturated carbocycles. The highest BCUT2D eigenvalue weighted by Gasteiger charge is 2.71. The number of aliphatic hydroxyl groups excluding tert-OH is 1. The van der Waals surface area contributed by atoms with Crippen molar-refractivity contribution in [2.75, 3.05) is 27.2 Å². The summed E-state index contributed by atoms with van der Waals surface area (Å²) in [7, 11) is 3.20. The van der Waals surface area contributed by atoms with Gasteiger partial charge in [0.15, 0.2) is 6.10 Å². The number of nitrogens with one attached hydrogen (secondary N) is 2. The van der Waals surface area contributed by atoms with Gasteiger partial charge in [-0.05, 0) is 86.3 Å². The fraction of sp³-hybridized carbons (Fsp3) is 0.744. The quantitative estimate of drug-likeness (QED) is 0.347. The minimum atomic E-state index is -1.19. The standard InChI is InChI=1S/C43H64N4O9/c1-9-30-27(6)43(30)34(48)23-35(49)55-36(26(4)5)37(50)45-31(21-25(2)3)38(51)47-20-10-11-32(47)39(52)46(7)33(22-28-12-14-29(54-8)15-13-28)40(53)56-42(18-19-42)41(16-17-41)24-44-43/h12-15,25-27,30-34,36,44,48H,9-11,16-24H2,1-8H3,(H,45,50)/t27-,30?,31-,32-,33-,34-,36-,43?/m0/s1. The van der Waals surface area contributed by atoms with Crippen LogP contribution in [0.5, 0.6) is 5.75 Å². The van der Waals surface area contributed by atoms with Crippen molar-refractivity contribution in [2.45, 2.75) is 147 Å². The van der Waals surface area contributed by atoms with E-state index in [2.05, 4.69) is 24.5 Å². The van der Waals surface area contributed by atoms with Crippen LogP contribution < -0.4 is 15.4 Å². The number of nitrogens with zero attached hydrogens (tertiary/aromatic N) is 2. The number of rotatable bonds is 7. The van der Waals surface area contributed by atoms with Crippen molar-refractivity contribution in [1.82, 2.24) is 20.4 Å². The molecule has 0 aromatic heterocycles. The number of hydrogen-bond acceptors (Lipinski definition) is 10. The minimum Gasteiger partial charge on any atom is -0.497 e. The predicted molar refractivity (Wildman–Crippen MR) is 208 cm³/mol. The van der Waals surface area contributed by atoms with E-state index in [0.717, 1.165) is 24.8 Å². The highest BCUT2D eigenvalue weighted by atomic mass is 16.6. The van der Waals surface area contributed by atoms with Crippen LogP contribution in [-0.4, -0.2) is 113 Å². The number of likely N-dealkylation sites (N-methyl/N-ethyl adjacent to an activating group) is 1. The summed E-state index contributed by atoms with van der Waals surface area (Å²) in [5, 5.41) is 18.4. The van der Waals surface area contributed by atoms with E-state index < -0.39 is 71.1 Å². The molecule has 2 heterocycles. The number of esters is 2. The Labute approximate surface area is 331 Å². The zero-order valence-electron chi connectivity index (χ0n) is 34.6. The highest BCUT2D eigenvalue weighted by Crippen LogP contribution is 2.67. The van der Waals surface area contributed by atoms with Gasteiger partial charge in [-0.3, -0.25) is 19.2 Å². The number of cyclic esters (lactones) is 1. The summed E-state index contributed by atoms with van der Waals surface area (Å²) in [6, 6.07) is 4.61. The molecule has 2 aliphatic heterocycles. The van der Waals surface area contributed by atoms with Gasteiger partial charge in [-0.15, -0.1) is 0 Å². The van der Waals surface area contributed by atoms with E-state index in [1.807, 2.05) is 38.1 Å². The van der Waals surface area contributed by atoms with Crippen LogP contribution in [0, 0.1) is 29.1 Å². The second-order valence-electron chi connectivity index (χ2n) is 18.1. The molecule has 310 valence electrons. The molecule has 3 spiro atoms. The fourth-order valence-electron chi connectivity index (χ4n) is 9.91. The molecule has 6 rings (SSSR count). The molecule has 1 aromatic carbocycles. The van der Waals surface area contributed by atoms with E-state index in [1.54, 1.807) is 28.0 Å². The molecular formula is C43H64N4O9. The Morgan fingerprint density at radius 3 is 2.23 bits per heavy atom. The first-order valence-electron chi connectivity index (χ1n) is 20.9. The summed E-state index contributed by atoms with van der Waals surface area (Å²) in [5.41, 5.74) is -0.977. The van der Waals surface area contributed by atoms with E-state index in [-0.39, 0.29) is 41.9 Å². The molecule has 0 bridgehead atoms. The molecule has 8 atom stereocenters. The zero-order chi connectivity index (χ0) is 40.7. The Bertz CT molecular complexity index is 1640. The van der Waals surface area contributed by atoms with Crippen molar-refractivity contribution < 1.29 is 43.3 Å². The van der Waals surface area contributed by atoms with Gasteiger partial charge in [-0.2, -0.15) is 0 Å². The van der Waals surface area contributed by atoms with Gasteiger partial charge >= 0.3 is 11.9 Å². The third-order valence-corrected chi connectivity index (χ3v) is 13.7. The summed E-state index contributed by atoms with van der Waals surface area (Å²) in [6.45, 7) is 12.4.